The zero-order chi connectivity index (χ0) is 29.3. The van der Waals surface area contributed by atoms with Gasteiger partial charge in [-0.2, -0.15) is 5.10 Å². The summed E-state index contributed by atoms with van der Waals surface area (Å²) >= 11 is 0. The number of likely N-dealkylation sites (tertiary alicyclic amines) is 1. The number of ether oxygens (including phenoxy) is 2. The smallest absolute Gasteiger partial charge is 0.409 e. The van der Waals surface area contributed by atoms with Crippen LogP contribution in [0.4, 0.5) is 9.59 Å². The third-order valence-corrected chi connectivity index (χ3v) is 6.39. The fraction of sp³-hybridized carbons (Fsp3) is 0.607. The van der Waals surface area contributed by atoms with Gasteiger partial charge in [0.25, 0.3) is 0 Å². The number of rotatable bonds is 11. The molecule has 1 unspecified atom stereocenters. The monoisotopic (exact) mass is 558 g/mol. The minimum Gasteiger partial charge on any atom is -0.447 e. The van der Waals surface area contributed by atoms with Crippen molar-refractivity contribution in [3.63, 3.8) is 0 Å². The van der Waals surface area contributed by atoms with Crippen LogP contribution in [0.3, 0.4) is 0 Å². The second kappa shape index (κ2) is 13.6. The van der Waals surface area contributed by atoms with Crippen LogP contribution >= 0.6 is 0 Å². The lowest BCUT2D eigenvalue weighted by molar-refractivity contribution is -0.127. The molecule has 0 bridgehead atoms. The van der Waals surface area contributed by atoms with E-state index in [1.807, 2.05) is 18.2 Å². The number of nitrogens with one attached hydrogen (secondary N) is 2. The molecule has 2 atom stereocenters. The van der Waals surface area contributed by atoms with Gasteiger partial charge in [0.05, 0.1) is 18.7 Å². The molecule has 2 heterocycles. The van der Waals surface area contributed by atoms with Crippen molar-refractivity contribution in [2.45, 2.75) is 90.1 Å². The van der Waals surface area contributed by atoms with Gasteiger partial charge in [-0.25, -0.2) is 19.3 Å². The van der Waals surface area contributed by atoms with Crippen molar-refractivity contribution in [3.05, 3.63) is 48.0 Å². The van der Waals surface area contributed by atoms with Gasteiger partial charge in [0, 0.05) is 13.1 Å². The summed E-state index contributed by atoms with van der Waals surface area (Å²) in [5.74, 6) is 0.110. The first-order valence-corrected chi connectivity index (χ1v) is 13.7. The van der Waals surface area contributed by atoms with Crippen LogP contribution in [0.25, 0.3) is 0 Å². The van der Waals surface area contributed by atoms with Gasteiger partial charge in [-0.05, 0) is 65.9 Å². The molecule has 220 valence electrons. The van der Waals surface area contributed by atoms with E-state index in [2.05, 4.69) is 32.8 Å². The molecule has 0 radical (unpaired) electrons. The van der Waals surface area contributed by atoms with Crippen molar-refractivity contribution in [2.24, 2.45) is 0 Å². The number of nitrogens with zero attached hydrogens (tertiary/aromatic N) is 4. The molecule has 3 amide bonds. The van der Waals surface area contributed by atoms with Crippen molar-refractivity contribution >= 4 is 18.1 Å². The molecule has 12 nitrogen and oxygen atoms in total. The SMILES string of the molecule is CC(C)(C)OC(=O)NC(C)(C)C(=O)NC(CCCc1ccccc1)c1ncnn1CCOC(=O)N1CC[C@@H](O)C1. The van der Waals surface area contributed by atoms with Gasteiger partial charge in [-0.1, -0.05) is 30.3 Å². The molecule has 2 aromatic rings. The maximum absolute atomic E-state index is 13.4. The van der Waals surface area contributed by atoms with Gasteiger partial charge >= 0.3 is 12.2 Å². The third-order valence-electron chi connectivity index (χ3n) is 6.39. The fourth-order valence-corrected chi connectivity index (χ4v) is 4.31. The average molecular weight is 559 g/mol. The Labute approximate surface area is 235 Å². The Bertz CT molecular complexity index is 1130. The van der Waals surface area contributed by atoms with Crippen LogP contribution in [0.15, 0.2) is 36.7 Å². The summed E-state index contributed by atoms with van der Waals surface area (Å²) in [5.41, 5.74) is -0.786. The standard InChI is InChI=1S/C28H42N6O6/c1-27(2,3)40-25(37)32-28(4,5)24(36)31-22(13-9-12-20-10-7-6-8-11-20)23-29-19-30-34(23)16-17-39-26(38)33-15-14-21(35)18-33/h6-8,10-11,19,21-22,35H,9,12-18H2,1-5H3,(H,31,36)(H,32,37)/t21-,22?/m1/s1. The van der Waals surface area contributed by atoms with Crippen molar-refractivity contribution in [1.82, 2.24) is 30.3 Å². The van der Waals surface area contributed by atoms with Gasteiger partial charge < -0.3 is 30.1 Å². The zero-order valence-electron chi connectivity index (χ0n) is 24.1. The Hall–Kier alpha value is -3.67. The number of aryl methyl sites for hydroxylation is 1. The molecule has 1 saturated heterocycles. The molecule has 0 spiro atoms. The van der Waals surface area contributed by atoms with Crippen molar-refractivity contribution < 1.29 is 29.0 Å². The molecule has 0 aliphatic carbocycles. The van der Waals surface area contributed by atoms with Gasteiger partial charge in [0.15, 0.2) is 0 Å². The average Bonchev–Trinajstić information content (AvgIpc) is 3.51. The van der Waals surface area contributed by atoms with Gasteiger partial charge in [-0.3, -0.25) is 4.79 Å². The second-order valence-corrected chi connectivity index (χ2v) is 11.5. The number of benzene rings is 1. The summed E-state index contributed by atoms with van der Waals surface area (Å²) in [6.45, 7) is 9.47. The molecule has 12 heteroatoms. The number of aliphatic hydroxyl groups excluding tert-OH is 1. The Balaban J connectivity index is 1.67. The lowest BCUT2D eigenvalue weighted by Crippen LogP contribution is -2.56. The van der Waals surface area contributed by atoms with Gasteiger partial charge in [-0.15, -0.1) is 0 Å². The van der Waals surface area contributed by atoms with Crippen LogP contribution in [0.5, 0.6) is 0 Å². The minimum absolute atomic E-state index is 0.0537. The zero-order valence-corrected chi connectivity index (χ0v) is 24.1. The number of hydrogen-bond donors (Lipinski definition) is 3. The van der Waals surface area contributed by atoms with E-state index in [-0.39, 0.29) is 19.7 Å². The Morgan fingerprint density at radius 3 is 2.52 bits per heavy atom. The molecule has 40 heavy (non-hydrogen) atoms. The number of hydrogen-bond acceptors (Lipinski definition) is 8. The first-order chi connectivity index (χ1) is 18.8. The van der Waals surface area contributed by atoms with Crippen LogP contribution in [-0.2, 0) is 27.2 Å². The molecule has 3 N–H and O–H groups in total. The highest BCUT2D eigenvalue weighted by molar-refractivity contribution is 5.89. The minimum atomic E-state index is -1.26. The van der Waals surface area contributed by atoms with Crippen LogP contribution < -0.4 is 10.6 Å². The van der Waals surface area contributed by atoms with Gasteiger partial charge in [0.2, 0.25) is 5.91 Å². The topological polar surface area (TPSA) is 148 Å². The Kier molecular flexibility index (Phi) is 10.5. The van der Waals surface area contributed by atoms with E-state index >= 15 is 0 Å². The number of aromatic nitrogens is 3. The van der Waals surface area contributed by atoms with E-state index in [1.165, 1.54) is 16.8 Å². The highest BCUT2D eigenvalue weighted by Crippen LogP contribution is 2.20. The third kappa shape index (κ3) is 9.51. The molecule has 1 aromatic heterocycles. The Morgan fingerprint density at radius 2 is 1.88 bits per heavy atom. The lowest BCUT2D eigenvalue weighted by atomic mass is 10.0. The maximum Gasteiger partial charge on any atom is 0.409 e. The second-order valence-electron chi connectivity index (χ2n) is 11.5. The highest BCUT2D eigenvalue weighted by atomic mass is 16.6. The summed E-state index contributed by atoms with van der Waals surface area (Å²) in [4.78, 5) is 43.9. The molecule has 1 fully saturated rings. The van der Waals surface area contributed by atoms with E-state index in [0.717, 1.165) is 12.8 Å². The van der Waals surface area contributed by atoms with Crippen molar-refractivity contribution in [3.8, 4) is 0 Å². The lowest BCUT2D eigenvalue weighted by Gasteiger charge is -2.29. The van der Waals surface area contributed by atoms with Crippen LogP contribution in [0.2, 0.25) is 0 Å². The summed E-state index contributed by atoms with van der Waals surface area (Å²) < 4.78 is 12.3. The predicted octanol–water partition coefficient (Wildman–Crippen LogP) is 2.96. The van der Waals surface area contributed by atoms with E-state index in [4.69, 9.17) is 9.47 Å². The number of aliphatic hydroxyl groups is 1. The molecule has 3 rings (SSSR count). The molecule has 1 aliphatic rings. The van der Waals surface area contributed by atoms with Crippen LogP contribution in [0, 0.1) is 0 Å². The summed E-state index contributed by atoms with van der Waals surface area (Å²) in [7, 11) is 0. The first kappa shape index (κ1) is 30.9. The number of carbonyl (C=O) groups is 3. The fourth-order valence-electron chi connectivity index (χ4n) is 4.31. The van der Waals surface area contributed by atoms with E-state index in [9.17, 15) is 19.5 Å². The molecular weight excluding hydrogens is 516 g/mol. The molecular formula is C28H42N6O6. The molecule has 1 aromatic carbocycles. The summed E-state index contributed by atoms with van der Waals surface area (Å²) in [6, 6.07) is 9.53. The predicted molar refractivity (Wildman–Crippen MR) is 147 cm³/mol. The number of carbonyl (C=O) groups excluding carboxylic acids is 3. The van der Waals surface area contributed by atoms with E-state index in [0.29, 0.717) is 25.2 Å². The van der Waals surface area contributed by atoms with E-state index < -0.39 is 41.4 Å². The number of alkyl carbamates (subject to hydrolysis) is 1. The summed E-state index contributed by atoms with van der Waals surface area (Å²) in [6.07, 6.45) is 2.36. The number of amides is 3. The molecule has 0 saturated carbocycles. The number of β-amino-alcohol motifs (C(OH)–C–C–N with tert-alkyl or cyclic N) is 1. The Morgan fingerprint density at radius 1 is 1.15 bits per heavy atom. The summed E-state index contributed by atoms with van der Waals surface area (Å²) in [5, 5.41) is 19.6. The van der Waals surface area contributed by atoms with Crippen LogP contribution in [0.1, 0.15) is 71.3 Å². The quantitative estimate of drug-likeness (QED) is 0.381. The highest BCUT2D eigenvalue weighted by Gasteiger charge is 2.34. The van der Waals surface area contributed by atoms with Crippen molar-refractivity contribution in [1.29, 1.82) is 0 Å². The normalized spacial score (nSPS) is 16.4. The van der Waals surface area contributed by atoms with Crippen LogP contribution in [-0.4, -0.2) is 79.8 Å². The molecule has 1 aliphatic heterocycles. The first-order valence-electron chi connectivity index (χ1n) is 13.7. The largest absolute Gasteiger partial charge is 0.447 e. The van der Waals surface area contributed by atoms with Crippen molar-refractivity contribution in [2.75, 3.05) is 19.7 Å². The maximum atomic E-state index is 13.4. The van der Waals surface area contributed by atoms with Gasteiger partial charge in [0.1, 0.15) is 29.9 Å². The van der Waals surface area contributed by atoms with E-state index in [1.54, 1.807) is 39.3 Å².